The minimum atomic E-state index is -0.239. The Morgan fingerprint density at radius 1 is 1.21 bits per heavy atom. The summed E-state index contributed by atoms with van der Waals surface area (Å²) in [7, 11) is 1.65. The van der Waals surface area contributed by atoms with E-state index < -0.39 is 0 Å². The molecule has 0 heterocycles. The summed E-state index contributed by atoms with van der Waals surface area (Å²) in [6.07, 6.45) is 0.807. The fourth-order valence-corrected chi connectivity index (χ4v) is 3.58. The van der Waals surface area contributed by atoms with E-state index in [9.17, 15) is 4.39 Å². The van der Waals surface area contributed by atoms with Gasteiger partial charge < -0.3 is 4.74 Å². The first-order chi connectivity index (χ1) is 9.10. The van der Waals surface area contributed by atoms with E-state index in [0.717, 1.165) is 27.8 Å². The molecule has 4 heteroatoms. The normalized spacial score (nSPS) is 12.2. The van der Waals surface area contributed by atoms with E-state index in [1.165, 1.54) is 12.1 Å². The first kappa shape index (κ1) is 14.5. The van der Waals surface area contributed by atoms with Crippen molar-refractivity contribution < 1.29 is 9.13 Å². The van der Waals surface area contributed by atoms with Gasteiger partial charge in [-0.15, -0.1) is 0 Å². The fraction of sp³-hybridized carbons (Fsp3) is 0.200. The molecule has 0 radical (unpaired) electrons. The SMILES string of the molecule is COc1cccc(CC(Br)c2ccc(F)cc2Br)c1. The summed E-state index contributed by atoms with van der Waals surface area (Å²) in [5.41, 5.74) is 2.20. The van der Waals surface area contributed by atoms with Gasteiger partial charge in [0.1, 0.15) is 11.6 Å². The second-order valence-corrected chi connectivity index (χ2v) is 6.15. The molecule has 2 aromatic rings. The molecule has 2 aromatic carbocycles. The van der Waals surface area contributed by atoms with Gasteiger partial charge in [-0.3, -0.25) is 0 Å². The van der Waals surface area contributed by atoms with Crippen molar-refractivity contribution in [1.29, 1.82) is 0 Å². The van der Waals surface area contributed by atoms with E-state index in [-0.39, 0.29) is 10.6 Å². The second-order valence-electron chi connectivity index (χ2n) is 4.19. The Balaban J connectivity index is 2.17. The molecule has 0 amide bonds. The smallest absolute Gasteiger partial charge is 0.124 e. The highest BCUT2D eigenvalue weighted by Gasteiger charge is 2.13. The Bertz CT molecular complexity index is 572. The minimum Gasteiger partial charge on any atom is -0.497 e. The molecule has 0 aliphatic rings. The van der Waals surface area contributed by atoms with Crippen LogP contribution in [0, 0.1) is 5.82 Å². The van der Waals surface area contributed by atoms with Crippen molar-refractivity contribution in [3.63, 3.8) is 0 Å². The highest BCUT2D eigenvalue weighted by molar-refractivity contribution is 9.11. The van der Waals surface area contributed by atoms with Crippen molar-refractivity contribution >= 4 is 31.9 Å². The zero-order chi connectivity index (χ0) is 13.8. The van der Waals surface area contributed by atoms with Crippen molar-refractivity contribution in [1.82, 2.24) is 0 Å². The summed E-state index contributed by atoms with van der Waals surface area (Å²) in [5, 5.41) is 0. The van der Waals surface area contributed by atoms with Crippen LogP contribution in [0.5, 0.6) is 5.75 Å². The lowest BCUT2D eigenvalue weighted by Gasteiger charge is -2.13. The van der Waals surface area contributed by atoms with E-state index in [2.05, 4.69) is 31.9 Å². The maximum atomic E-state index is 13.1. The Morgan fingerprint density at radius 3 is 2.68 bits per heavy atom. The summed E-state index contributed by atoms with van der Waals surface area (Å²) in [6, 6.07) is 12.7. The van der Waals surface area contributed by atoms with E-state index >= 15 is 0 Å². The molecule has 0 aromatic heterocycles. The van der Waals surface area contributed by atoms with Gasteiger partial charge in [-0.25, -0.2) is 4.39 Å². The van der Waals surface area contributed by atoms with Crippen molar-refractivity contribution in [2.45, 2.75) is 11.2 Å². The lowest BCUT2D eigenvalue weighted by atomic mass is 10.0. The van der Waals surface area contributed by atoms with Crippen LogP contribution in [-0.2, 0) is 6.42 Å². The number of hydrogen-bond donors (Lipinski definition) is 0. The van der Waals surface area contributed by atoms with E-state index in [1.807, 2.05) is 24.3 Å². The number of ether oxygens (including phenoxy) is 1. The van der Waals surface area contributed by atoms with Crippen LogP contribution in [0.15, 0.2) is 46.9 Å². The third-order valence-corrected chi connectivity index (χ3v) is 4.35. The van der Waals surface area contributed by atoms with Crippen LogP contribution in [0.3, 0.4) is 0 Å². The molecular weight excluding hydrogens is 375 g/mol. The van der Waals surface area contributed by atoms with Gasteiger partial charge in [0.25, 0.3) is 0 Å². The van der Waals surface area contributed by atoms with Crippen molar-refractivity contribution in [2.75, 3.05) is 7.11 Å². The number of methoxy groups -OCH3 is 1. The van der Waals surface area contributed by atoms with Gasteiger partial charge in [0.2, 0.25) is 0 Å². The van der Waals surface area contributed by atoms with Crippen LogP contribution in [-0.4, -0.2) is 7.11 Å². The highest BCUT2D eigenvalue weighted by Crippen LogP contribution is 2.33. The molecule has 100 valence electrons. The molecule has 2 rings (SSSR count). The molecule has 1 atom stereocenters. The van der Waals surface area contributed by atoms with Gasteiger partial charge in [0.05, 0.1) is 7.11 Å². The fourth-order valence-electron chi connectivity index (χ4n) is 1.87. The predicted octanol–water partition coefficient (Wildman–Crippen LogP) is 5.28. The minimum absolute atomic E-state index is 0.120. The molecule has 19 heavy (non-hydrogen) atoms. The van der Waals surface area contributed by atoms with Crippen LogP contribution in [0.4, 0.5) is 4.39 Å². The molecule has 0 N–H and O–H groups in total. The van der Waals surface area contributed by atoms with Gasteiger partial charge >= 0.3 is 0 Å². The predicted molar refractivity (Wildman–Crippen MR) is 82.5 cm³/mol. The van der Waals surface area contributed by atoms with Crippen LogP contribution < -0.4 is 4.74 Å². The summed E-state index contributed by atoms with van der Waals surface area (Å²) in [4.78, 5) is 0.120. The van der Waals surface area contributed by atoms with Gasteiger partial charge in [-0.2, -0.15) is 0 Å². The molecular formula is C15H13Br2FO. The lowest BCUT2D eigenvalue weighted by molar-refractivity contribution is 0.414. The second kappa shape index (κ2) is 6.53. The third-order valence-electron chi connectivity index (χ3n) is 2.85. The highest BCUT2D eigenvalue weighted by atomic mass is 79.9. The number of halogens is 3. The van der Waals surface area contributed by atoms with Crippen molar-refractivity contribution in [3.05, 3.63) is 63.9 Å². The van der Waals surface area contributed by atoms with Gasteiger partial charge in [0.15, 0.2) is 0 Å². The molecule has 1 unspecified atom stereocenters. The van der Waals surface area contributed by atoms with E-state index in [1.54, 1.807) is 13.2 Å². The van der Waals surface area contributed by atoms with Crippen molar-refractivity contribution in [2.24, 2.45) is 0 Å². The Labute approximate surface area is 129 Å². The summed E-state index contributed by atoms with van der Waals surface area (Å²) < 4.78 is 19.1. The van der Waals surface area contributed by atoms with Gasteiger partial charge in [-0.05, 0) is 41.8 Å². The van der Waals surface area contributed by atoms with Gasteiger partial charge in [0, 0.05) is 9.30 Å². The lowest BCUT2D eigenvalue weighted by Crippen LogP contribution is -1.97. The Morgan fingerprint density at radius 2 is 2.00 bits per heavy atom. The molecule has 1 nitrogen and oxygen atoms in total. The maximum Gasteiger partial charge on any atom is 0.124 e. The van der Waals surface area contributed by atoms with E-state index in [4.69, 9.17) is 4.74 Å². The summed E-state index contributed by atoms with van der Waals surface area (Å²) >= 11 is 7.05. The zero-order valence-corrected chi connectivity index (χ0v) is 13.5. The average molecular weight is 388 g/mol. The quantitative estimate of drug-likeness (QED) is 0.649. The van der Waals surface area contributed by atoms with Crippen LogP contribution in [0.1, 0.15) is 16.0 Å². The van der Waals surface area contributed by atoms with Crippen LogP contribution in [0.25, 0.3) is 0 Å². The molecule has 0 bridgehead atoms. The molecule has 0 aliphatic carbocycles. The zero-order valence-electron chi connectivity index (χ0n) is 10.4. The topological polar surface area (TPSA) is 9.23 Å². The Hall–Kier alpha value is -0.870. The Kier molecular flexibility index (Phi) is 4.99. The molecule has 0 saturated heterocycles. The average Bonchev–Trinajstić information content (AvgIpc) is 2.38. The third kappa shape index (κ3) is 3.80. The molecule has 0 spiro atoms. The first-order valence-corrected chi connectivity index (χ1v) is 7.53. The number of rotatable bonds is 4. The van der Waals surface area contributed by atoms with Crippen LogP contribution in [0.2, 0.25) is 0 Å². The monoisotopic (exact) mass is 386 g/mol. The summed E-state index contributed by atoms with van der Waals surface area (Å²) in [5.74, 6) is 0.604. The number of alkyl halides is 1. The maximum absolute atomic E-state index is 13.1. The van der Waals surface area contributed by atoms with Crippen molar-refractivity contribution in [3.8, 4) is 5.75 Å². The van der Waals surface area contributed by atoms with Gasteiger partial charge in [-0.1, -0.05) is 50.1 Å². The molecule has 0 saturated carbocycles. The van der Waals surface area contributed by atoms with Crippen LogP contribution >= 0.6 is 31.9 Å². The van der Waals surface area contributed by atoms with E-state index in [0.29, 0.717) is 0 Å². The molecule has 0 fully saturated rings. The molecule has 0 aliphatic heterocycles. The standard InChI is InChI=1S/C15H13Br2FO/c1-19-12-4-2-3-10(7-12)8-14(16)13-6-5-11(18)9-15(13)17/h2-7,9,14H,8H2,1H3. The first-order valence-electron chi connectivity index (χ1n) is 5.82. The summed E-state index contributed by atoms with van der Waals surface area (Å²) in [6.45, 7) is 0. The largest absolute Gasteiger partial charge is 0.497 e. The number of hydrogen-bond acceptors (Lipinski definition) is 1. The number of benzene rings is 2.